The van der Waals surface area contributed by atoms with Crippen molar-refractivity contribution in [3.63, 3.8) is 0 Å². The number of nitro groups is 1. The number of ether oxygens (including phenoxy) is 2. The van der Waals surface area contributed by atoms with Gasteiger partial charge in [0.1, 0.15) is 28.6 Å². The van der Waals surface area contributed by atoms with Crippen LogP contribution >= 0.6 is 11.6 Å². The number of nitrogens with zero attached hydrogens (tertiary/aromatic N) is 5. The Morgan fingerprint density at radius 2 is 1.74 bits per heavy atom. The predicted molar refractivity (Wildman–Crippen MR) is 264 cm³/mol. The summed E-state index contributed by atoms with van der Waals surface area (Å²) in [5.74, 6) is -1.27. The van der Waals surface area contributed by atoms with Crippen molar-refractivity contribution in [1.29, 1.82) is 0 Å². The molecule has 19 heteroatoms. The van der Waals surface area contributed by atoms with Gasteiger partial charge in [0, 0.05) is 106 Å². The molecular weight excluding hydrogens is 947 g/mol. The summed E-state index contributed by atoms with van der Waals surface area (Å²) in [6.45, 7) is 10.7. The lowest BCUT2D eigenvalue weighted by atomic mass is 9.72. The lowest BCUT2D eigenvalue weighted by Gasteiger charge is -2.39. The van der Waals surface area contributed by atoms with E-state index in [1.165, 1.54) is 24.4 Å². The average molecular weight is 1000 g/mol. The standard InChI is InChI=1S/C51H57ClF3N7O7S/c1-50(2)15-9-34(43(29-50)41-6-3-35(26-44(41)52)51(53,54)55)31-59-19-21-61(22-20-59)38-4-7-42(48(27-38)69-39-25-33-10-16-56-49(33)57-30-39)47(63)32-70(66,67)40-5-8-45(46(28-40)62(64)65)58-36-11-17-60(18-12-36)37-13-23-68-24-14-37/h3-8,10,16,25-28,30,36-37,58H,9,11-15,17-24,29,31-32H2,1-2H3,(H,56,57). The van der Waals surface area contributed by atoms with Crippen molar-refractivity contribution in [3.8, 4) is 11.5 Å². The molecule has 3 fully saturated rings. The molecule has 0 spiro atoms. The number of alkyl halides is 3. The lowest BCUT2D eigenvalue weighted by Crippen LogP contribution is -2.47. The third kappa shape index (κ3) is 11.3. The van der Waals surface area contributed by atoms with Crippen molar-refractivity contribution >= 4 is 60.9 Å². The van der Waals surface area contributed by atoms with Crippen LogP contribution in [0, 0.1) is 15.5 Å². The number of carbonyl (C=O) groups is 1. The molecule has 372 valence electrons. The molecule has 1 aliphatic carbocycles. The predicted octanol–water partition coefficient (Wildman–Crippen LogP) is 10.4. The molecule has 0 saturated carbocycles. The minimum atomic E-state index is -4.50. The Morgan fingerprint density at radius 1 is 0.986 bits per heavy atom. The van der Waals surface area contributed by atoms with Gasteiger partial charge in [0.2, 0.25) is 0 Å². The zero-order valence-corrected chi connectivity index (χ0v) is 40.8. The lowest BCUT2D eigenvalue weighted by molar-refractivity contribution is -0.384. The maximum absolute atomic E-state index is 14.2. The third-order valence-corrected chi connectivity index (χ3v) is 16.2. The molecule has 14 nitrogen and oxygen atoms in total. The molecule has 0 unspecified atom stereocenters. The Hall–Kier alpha value is -5.53. The molecule has 0 bridgehead atoms. The largest absolute Gasteiger partial charge is 0.455 e. The van der Waals surface area contributed by atoms with Crippen LogP contribution < -0.4 is 15.0 Å². The van der Waals surface area contributed by atoms with Crippen molar-refractivity contribution in [2.45, 2.75) is 81.9 Å². The van der Waals surface area contributed by atoms with Crippen LogP contribution in [0.4, 0.5) is 30.2 Å². The number of Topliss-reactive ketones (excluding diaryl/α,β-unsaturated/α-hetero) is 1. The highest BCUT2D eigenvalue weighted by Crippen LogP contribution is 2.46. The highest BCUT2D eigenvalue weighted by atomic mass is 35.5. The van der Waals surface area contributed by atoms with Crippen LogP contribution in [-0.4, -0.2) is 116 Å². The van der Waals surface area contributed by atoms with Crippen molar-refractivity contribution in [2.75, 3.05) is 75.0 Å². The van der Waals surface area contributed by atoms with E-state index in [9.17, 15) is 36.5 Å². The van der Waals surface area contributed by atoms with Crippen molar-refractivity contribution in [1.82, 2.24) is 19.8 Å². The molecule has 2 aromatic heterocycles. The second-order valence-electron chi connectivity index (χ2n) is 19.7. The van der Waals surface area contributed by atoms with Gasteiger partial charge in [-0.25, -0.2) is 13.4 Å². The monoisotopic (exact) mass is 1000 g/mol. The van der Waals surface area contributed by atoms with Gasteiger partial charge in [-0.05, 0) is 110 Å². The Balaban J connectivity index is 0.908. The number of halogens is 4. The number of hydrogen-bond acceptors (Lipinski definition) is 12. The van der Waals surface area contributed by atoms with E-state index in [0.29, 0.717) is 62.1 Å². The van der Waals surface area contributed by atoms with E-state index in [4.69, 9.17) is 21.1 Å². The number of piperazine rings is 1. The summed E-state index contributed by atoms with van der Waals surface area (Å²) in [7, 11) is -4.37. The zero-order valence-electron chi connectivity index (χ0n) is 39.2. The number of likely N-dealkylation sites (tertiary alicyclic amines) is 1. The second-order valence-corrected chi connectivity index (χ2v) is 22.1. The highest BCUT2D eigenvalue weighted by Gasteiger charge is 2.35. The molecule has 5 heterocycles. The van der Waals surface area contributed by atoms with Crippen LogP contribution in [0.3, 0.4) is 0 Å². The number of carbonyl (C=O) groups excluding carboxylic acids is 1. The number of aromatic amines is 1. The SMILES string of the molecule is CC1(C)CCC(CN2CCN(c3ccc(C(=O)CS(=O)(=O)c4ccc(NC5CCN(C6CCOCC6)CC5)c([N+](=O)[O-])c4)c(Oc4cnc5[nH]ccc5c4)c3)CC2)=C(c2ccc(C(F)(F)F)cc2Cl)C1. The quantitative estimate of drug-likeness (QED) is 0.0616. The first-order valence-corrected chi connectivity index (χ1v) is 25.9. The minimum absolute atomic E-state index is 0.0154. The summed E-state index contributed by atoms with van der Waals surface area (Å²) < 4.78 is 80.3. The van der Waals surface area contributed by atoms with Gasteiger partial charge >= 0.3 is 6.18 Å². The first-order valence-electron chi connectivity index (χ1n) is 23.8. The Kier molecular flexibility index (Phi) is 14.3. The molecular formula is C51H57ClF3N7O7S. The Labute approximate surface area is 410 Å². The smallest absolute Gasteiger partial charge is 0.416 e. The normalized spacial score (nSPS) is 19.1. The number of sulfone groups is 1. The van der Waals surface area contributed by atoms with Gasteiger partial charge in [-0.3, -0.25) is 19.8 Å². The summed E-state index contributed by atoms with van der Waals surface area (Å²) in [5, 5.41) is 16.5. The summed E-state index contributed by atoms with van der Waals surface area (Å²) in [6, 6.07) is 16.4. The van der Waals surface area contributed by atoms with Crippen LogP contribution in [0.2, 0.25) is 5.02 Å². The Morgan fingerprint density at radius 3 is 2.46 bits per heavy atom. The number of anilines is 2. The number of aromatic nitrogens is 2. The van der Waals surface area contributed by atoms with Crippen LogP contribution in [-0.2, 0) is 20.8 Å². The van der Waals surface area contributed by atoms with Crippen LogP contribution in [0.1, 0.15) is 80.3 Å². The van der Waals surface area contributed by atoms with E-state index in [1.807, 2.05) is 6.07 Å². The fraction of sp³-hybridized carbons (Fsp3) is 0.451. The van der Waals surface area contributed by atoms with E-state index in [0.717, 1.165) is 105 Å². The fourth-order valence-electron chi connectivity index (χ4n) is 10.3. The fourth-order valence-corrected chi connectivity index (χ4v) is 11.8. The van der Waals surface area contributed by atoms with Gasteiger partial charge < -0.3 is 29.6 Å². The van der Waals surface area contributed by atoms with E-state index >= 15 is 0 Å². The van der Waals surface area contributed by atoms with Gasteiger partial charge in [0.25, 0.3) is 5.69 Å². The molecule has 5 aromatic rings. The minimum Gasteiger partial charge on any atom is -0.455 e. The van der Waals surface area contributed by atoms with Crippen LogP contribution in [0.15, 0.2) is 89.6 Å². The van der Waals surface area contributed by atoms with E-state index in [-0.39, 0.29) is 44.1 Å². The Bertz CT molecular complexity index is 2910. The van der Waals surface area contributed by atoms with Gasteiger partial charge in [-0.2, -0.15) is 13.2 Å². The summed E-state index contributed by atoms with van der Waals surface area (Å²) in [4.78, 5) is 39.9. The number of hydrogen-bond donors (Lipinski definition) is 2. The number of allylic oxidation sites excluding steroid dienone is 1. The summed E-state index contributed by atoms with van der Waals surface area (Å²) in [5.41, 5.74) is 3.20. The number of nitro benzene ring substituents is 1. The number of benzene rings is 3. The number of piperidine rings is 1. The molecule has 3 aliphatic heterocycles. The van der Waals surface area contributed by atoms with Crippen molar-refractivity contribution in [2.24, 2.45) is 5.41 Å². The number of nitrogens with one attached hydrogen (secondary N) is 2. The topological polar surface area (TPSA) is 163 Å². The molecule has 0 amide bonds. The number of fused-ring (bicyclic) bond motifs is 1. The summed E-state index contributed by atoms with van der Waals surface area (Å²) >= 11 is 6.55. The number of rotatable bonds is 14. The van der Waals surface area contributed by atoms with Crippen molar-refractivity contribution < 1.29 is 40.8 Å². The maximum Gasteiger partial charge on any atom is 0.416 e. The summed E-state index contributed by atoms with van der Waals surface area (Å²) in [6.07, 6.45) is 4.71. The van der Waals surface area contributed by atoms with Gasteiger partial charge in [-0.1, -0.05) is 37.1 Å². The first kappa shape index (κ1) is 49.5. The highest BCUT2D eigenvalue weighted by molar-refractivity contribution is 7.92. The zero-order chi connectivity index (χ0) is 49.4. The molecule has 2 N–H and O–H groups in total. The van der Waals surface area contributed by atoms with E-state index in [1.54, 1.807) is 30.5 Å². The molecule has 70 heavy (non-hydrogen) atoms. The van der Waals surface area contributed by atoms with Gasteiger partial charge in [-0.15, -0.1) is 0 Å². The molecule has 3 saturated heterocycles. The van der Waals surface area contributed by atoms with E-state index < -0.39 is 38.0 Å². The van der Waals surface area contributed by atoms with Crippen LogP contribution in [0.5, 0.6) is 11.5 Å². The van der Waals surface area contributed by atoms with Crippen molar-refractivity contribution in [3.05, 3.63) is 117 Å². The van der Waals surface area contributed by atoms with Crippen LogP contribution in [0.25, 0.3) is 16.6 Å². The molecule has 9 rings (SSSR count). The number of pyridine rings is 1. The van der Waals surface area contributed by atoms with E-state index in [2.05, 4.69) is 43.8 Å². The molecule has 3 aromatic carbocycles. The second kappa shape index (κ2) is 20.3. The number of ketones is 1. The molecule has 0 atom stereocenters. The van der Waals surface area contributed by atoms with Gasteiger partial charge in [0.15, 0.2) is 15.6 Å². The third-order valence-electron chi connectivity index (χ3n) is 14.3. The van der Waals surface area contributed by atoms with Gasteiger partial charge in [0.05, 0.1) is 27.1 Å². The average Bonchev–Trinajstić information content (AvgIpc) is 3.80. The number of H-pyrrole nitrogens is 1. The molecule has 0 radical (unpaired) electrons. The first-order chi connectivity index (χ1) is 33.4. The molecule has 4 aliphatic rings. The maximum atomic E-state index is 14.2.